The predicted molar refractivity (Wildman–Crippen MR) is 88.0 cm³/mol. The zero-order valence-electron chi connectivity index (χ0n) is 11.0. The fraction of sp³-hybridized carbons (Fsp3) is 0.467. The van der Waals surface area contributed by atoms with Gasteiger partial charge in [0.25, 0.3) is 0 Å². The smallest absolute Gasteiger partial charge is 0.144 e. The molecule has 0 aliphatic carbocycles. The second-order valence-corrected chi connectivity index (χ2v) is 6.29. The highest BCUT2D eigenvalue weighted by Gasteiger charge is 2.31. The standard InChI is InChI=1S/C15H20ClIN/c1-4-11-18(5-2,6-3)15(17)12-13-9-7-8-10-14(13)16/h1,7-10,15H,5-6,11-12H2,2-3H3/q+1. The van der Waals surface area contributed by atoms with E-state index in [2.05, 4.69) is 48.4 Å². The summed E-state index contributed by atoms with van der Waals surface area (Å²) in [6.07, 6.45) is 6.49. The van der Waals surface area contributed by atoms with Gasteiger partial charge in [-0.2, -0.15) is 0 Å². The molecule has 0 amide bonds. The van der Waals surface area contributed by atoms with Crippen LogP contribution in [0.25, 0.3) is 0 Å². The number of rotatable bonds is 6. The first kappa shape index (κ1) is 15.8. The molecule has 0 N–H and O–H groups in total. The number of likely N-dealkylation sites (N-methyl/N-ethyl adjacent to an activating group) is 1. The van der Waals surface area contributed by atoms with E-state index in [1.165, 1.54) is 5.56 Å². The van der Waals surface area contributed by atoms with E-state index >= 15 is 0 Å². The molecule has 0 bridgehead atoms. The Morgan fingerprint density at radius 1 is 1.33 bits per heavy atom. The highest BCUT2D eigenvalue weighted by molar-refractivity contribution is 14.1. The van der Waals surface area contributed by atoms with Gasteiger partial charge in [-0.1, -0.05) is 29.8 Å². The van der Waals surface area contributed by atoms with Crippen LogP contribution in [-0.4, -0.2) is 28.2 Å². The van der Waals surface area contributed by atoms with Gasteiger partial charge in [0.2, 0.25) is 0 Å². The molecule has 1 aromatic rings. The van der Waals surface area contributed by atoms with Crippen molar-refractivity contribution < 1.29 is 4.48 Å². The summed E-state index contributed by atoms with van der Waals surface area (Å²) in [6.45, 7) is 7.31. The summed E-state index contributed by atoms with van der Waals surface area (Å²) in [4.78, 5) is 0. The van der Waals surface area contributed by atoms with Gasteiger partial charge in [-0.15, -0.1) is 6.42 Å². The maximum absolute atomic E-state index is 6.23. The van der Waals surface area contributed by atoms with Crippen LogP contribution in [0.4, 0.5) is 0 Å². The van der Waals surface area contributed by atoms with Crippen LogP contribution >= 0.6 is 34.2 Å². The number of halogens is 2. The number of terminal acetylenes is 1. The molecule has 1 nitrogen and oxygen atoms in total. The minimum absolute atomic E-state index is 0.452. The Morgan fingerprint density at radius 3 is 2.44 bits per heavy atom. The van der Waals surface area contributed by atoms with Crippen LogP contribution in [0.5, 0.6) is 0 Å². The molecule has 0 saturated carbocycles. The lowest BCUT2D eigenvalue weighted by Crippen LogP contribution is -2.53. The largest absolute Gasteiger partial charge is 0.303 e. The van der Waals surface area contributed by atoms with Crippen LogP contribution in [0.3, 0.4) is 0 Å². The van der Waals surface area contributed by atoms with Crippen molar-refractivity contribution in [2.75, 3.05) is 19.6 Å². The lowest BCUT2D eigenvalue weighted by Gasteiger charge is -2.39. The first-order valence-electron chi connectivity index (χ1n) is 6.26. The molecule has 18 heavy (non-hydrogen) atoms. The monoisotopic (exact) mass is 376 g/mol. The van der Waals surface area contributed by atoms with Crippen molar-refractivity contribution in [1.82, 2.24) is 0 Å². The van der Waals surface area contributed by atoms with E-state index in [0.717, 1.165) is 35.6 Å². The molecule has 0 spiro atoms. The Kier molecular flexibility index (Phi) is 6.48. The van der Waals surface area contributed by atoms with Crippen molar-refractivity contribution in [2.45, 2.75) is 24.3 Å². The highest BCUT2D eigenvalue weighted by atomic mass is 127. The SMILES string of the molecule is C#CC[N+](CC)(CC)C(I)Cc1ccccc1Cl. The fourth-order valence-corrected chi connectivity index (χ4v) is 3.84. The summed E-state index contributed by atoms with van der Waals surface area (Å²) in [5.74, 6) is 2.83. The molecule has 0 radical (unpaired) electrons. The van der Waals surface area contributed by atoms with Crippen LogP contribution in [0.2, 0.25) is 5.02 Å². The minimum atomic E-state index is 0.452. The van der Waals surface area contributed by atoms with E-state index in [4.69, 9.17) is 18.0 Å². The molecule has 0 aliphatic heterocycles. The van der Waals surface area contributed by atoms with Gasteiger partial charge >= 0.3 is 0 Å². The minimum Gasteiger partial charge on any atom is -0.303 e. The van der Waals surface area contributed by atoms with Gasteiger partial charge in [0.1, 0.15) is 10.6 Å². The van der Waals surface area contributed by atoms with Gasteiger partial charge in [0.05, 0.1) is 13.1 Å². The van der Waals surface area contributed by atoms with Crippen LogP contribution in [0.15, 0.2) is 24.3 Å². The second kappa shape index (κ2) is 7.37. The van der Waals surface area contributed by atoms with E-state index in [1.807, 2.05) is 18.2 Å². The van der Waals surface area contributed by atoms with E-state index < -0.39 is 0 Å². The van der Waals surface area contributed by atoms with E-state index in [9.17, 15) is 0 Å². The van der Waals surface area contributed by atoms with Crippen LogP contribution in [0, 0.1) is 12.3 Å². The average Bonchev–Trinajstić information content (AvgIpc) is 2.38. The van der Waals surface area contributed by atoms with Gasteiger partial charge in [-0.3, -0.25) is 0 Å². The molecule has 98 valence electrons. The molecule has 1 aromatic carbocycles. The summed E-state index contributed by atoms with van der Waals surface area (Å²) in [5, 5.41) is 0.852. The maximum Gasteiger partial charge on any atom is 0.144 e. The molecular formula is C15H20ClIN+. The molecule has 0 heterocycles. The van der Waals surface area contributed by atoms with Gasteiger partial charge in [-0.25, -0.2) is 0 Å². The predicted octanol–water partition coefficient (Wildman–Crippen LogP) is 4.13. The molecule has 3 heteroatoms. The van der Waals surface area contributed by atoms with Gasteiger partial charge < -0.3 is 4.48 Å². The molecule has 1 atom stereocenters. The van der Waals surface area contributed by atoms with Crippen LogP contribution in [0.1, 0.15) is 19.4 Å². The Morgan fingerprint density at radius 2 is 1.94 bits per heavy atom. The molecule has 0 aromatic heterocycles. The zero-order valence-corrected chi connectivity index (χ0v) is 13.9. The zero-order chi connectivity index (χ0) is 13.6. The lowest BCUT2D eigenvalue weighted by molar-refractivity contribution is -0.923. The first-order chi connectivity index (χ1) is 8.59. The fourth-order valence-electron chi connectivity index (χ4n) is 2.16. The molecule has 0 saturated heterocycles. The molecular weight excluding hydrogens is 357 g/mol. The van der Waals surface area contributed by atoms with Crippen molar-refractivity contribution in [3.05, 3.63) is 34.9 Å². The molecule has 0 fully saturated rings. The summed E-state index contributed by atoms with van der Waals surface area (Å²) < 4.78 is 1.40. The lowest BCUT2D eigenvalue weighted by atomic mass is 10.1. The van der Waals surface area contributed by atoms with Gasteiger partial charge in [0.15, 0.2) is 0 Å². The Bertz CT molecular complexity index is 421. The van der Waals surface area contributed by atoms with Gasteiger partial charge in [-0.05, 0) is 54.0 Å². The summed E-state index contributed by atoms with van der Waals surface area (Å²) in [7, 11) is 0. The number of nitrogens with zero attached hydrogens (tertiary/aromatic N) is 1. The average molecular weight is 377 g/mol. The van der Waals surface area contributed by atoms with E-state index in [1.54, 1.807) is 0 Å². The Hall–Kier alpha value is -0.240. The normalized spacial score (nSPS) is 13.1. The third-order valence-electron chi connectivity index (χ3n) is 3.61. The topological polar surface area (TPSA) is 0 Å². The molecule has 1 rings (SSSR count). The number of hydrogen-bond donors (Lipinski definition) is 0. The quantitative estimate of drug-likeness (QED) is 0.230. The number of hydrogen-bond acceptors (Lipinski definition) is 0. The molecule has 0 aliphatic rings. The Labute approximate surface area is 129 Å². The van der Waals surface area contributed by atoms with Crippen LogP contribution in [-0.2, 0) is 6.42 Å². The van der Waals surface area contributed by atoms with Crippen molar-refractivity contribution in [3.8, 4) is 12.3 Å². The van der Waals surface area contributed by atoms with E-state index in [-0.39, 0.29) is 0 Å². The summed E-state index contributed by atoms with van der Waals surface area (Å²) in [6, 6.07) is 8.06. The number of benzene rings is 1. The first-order valence-corrected chi connectivity index (χ1v) is 7.88. The van der Waals surface area contributed by atoms with E-state index in [0.29, 0.717) is 4.05 Å². The highest BCUT2D eigenvalue weighted by Crippen LogP contribution is 2.26. The van der Waals surface area contributed by atoms with Crippen molar-refractivity contribution in [3.63, 3.8) is 0 Å². The van der Waals surface area contributed by atoms with Crippen LogP contribution < -0.4 is 0 Å². The third-order valence-corrected chi connectivity index (χ3v) is 5.60. The summed E-state index contributed by atoms with van der Waals surface area (Å²) >= 11 is 8.75. The second-order valence-electron chi connectivity index (χ2n) is 4.44. The Balaban J connectivity index is 2.89. The number of quaternary nitrogens is 1. The number of alkyl halides is 1. The van der Waals surface area contributed by atoms with Gasteiger partial charge in [0, 0.05) is 11.4 Å². The summed E-state index contributed by atoms with van der Waals surface area (Å²) in [5.41, 5.74) is 1.21. The maximum atomic E-state index is 6.23. The van der Waals surface area contributed by atoms with Crippen molar-refractivity contribution >= 4 is 34.2 Å². The van der Waals surface area contributed by atoms with Crippen molar-refractivity contribution in [2.24, 2.45) is 0 Å². The molecule has 1 unspecified atom stereocenters. The third kappa shape index (κ3) is 3.63. The van der Waals surface area contributed by atoms with Crippen molar-refractivity contribution in [1.29, 1.82) is 0 Å².